The Morgan fingerprint density at radius 2 is 1.80 bits per heavy atom. The maximum Gasteiger partial charge on any atom is 0.312 e. The molecular formula is C11H16N4O4S. The lowest BCUT2D eigenvalue weighted by Gasteiger charge is -2.14. The molecule has 0 bridgehead atoms. The van der Waals surface area contributed by atoms with Gasteiger partial charge in [0, 0.05) is 0 Å². The first-order valence-electron chi connectivity index (χ1n) is 5.65. The van der Waals surface area contributed by atoms with Gasteiger partial charge in [0.2, 0.25) is 15.9 Å². The number of primary sulfonamides is 1. The number of sulfonamides is 1. The molecule has 9 heteroatoms. The Balaban J connectivity index is 2.66. The molecule has 1 rings (SSSR count). The molecule has 0 heterocycles. The molecule has 1 atom stereocenters. The lowest BCUT2D eigenvalue weighted by Crippen LogP contribution is -2.40. The minimum absolute atomic E-state index is 0.00447. The number of carbonyl (C=O) groups excluding carboxylic acids is 2. The van der Waals surface area contributed by atoms with Crippen LogP contribution in [-0.2, 0) is 14.8 Å². The van der Waals surface area contributed by atoms with E-state index in [1.807, 2.05) is 0 Å². The van der Waals surface area contributed by atoms with Crippen molar-refractivity contribution in [1.29, 1.82) is 0 Å². The largest absolute Gasteiger partial charge is 0.352 e. The lowest BCUT2D eigenvalue weighted by atomic mass is 10.1. The summed E-state index contributed by atoms with van der Waals surface area (Å²) in [4.78, 5) is 21.9. The second kappa shape index (κ2) is 6.35. The van der Waals surface area contributed by atoms with E-state index in [1.54, 1.807) is 19.1 Å². The number of nitrogens with two attached hydrogens (primary N) is 2. The smallest absolute Gasteiger partial charge is 0.312 e. The molecule has 0 saturated heterocycles. The first-order chi connectivity index (χ1) is 9.20. The van der Waals surface area contributed by atoms with Crippen molar-refractivity contribution in [2.24, 2.45) is 10.9 Å². The fourth-order valence-corrected chi connectivity index (χ4v) is 2.00. The van der Waals surface area contributed by atoms with E-state index in [0.717, 1.165) is 0 Å². The molecule has 6 N–H and O–H groups in total. The number of amides is 3. The van der Waals surface area contributed by atoms with Crippen LogP contribution < -0.4 is 21.5 Å². The van der Waals surface area contributed by atoms with Crippen molar-refractivity contribution in [1.82, 2.24) is 10.6 Å². The van der Waals surface area contributed by atoms with E-state index < -0.39 is 22.0 Å². The van der Waals surface area contributed by atoms with Gasteiger partial charge in [0.1, 0.15) is 0 Å². The van der Waals surface area contributed by atoms with E-state index >= 15 is 0 Å². The molecule has 0 saturated carbocycles. The van der Waals surface area contributed by atoms with Crippen molar-refractivity contribution in [3.05, 3.63) is 29.8 Å². The van der Waals surface area contributed by atoms with Crippen LogP contribution in [0.2, 0.25) is 0 Å². The van der Waals surface area contributed by atoms with Gasteiger partial charge in [0.15, 0.2) is 0 Å². The second-order valence-electron chi connectivity index (χ2n) is 4.12. The molecule has 1 aromatic rings. The van der Waals surface area contributed by atoms with E-state index in [4.69, 9.17) is 10.9 Å². The molecule has 3 amide bonds. The number of benzene rings is 1. The van der Waals surface area contributed by atoms with E-state index in [-0.39, 0.29) is 17.5 Å². The molecule has 0 aliphatic heterocycles. The Morgan fingerprint density at radius 1 is 1.25 bits per heavy atom. The molecule has 0 spiro atoms. The summed E-state index contributed by atoms with van der Waals surface area (Å²) in [5.41, 5.74) is 5.54. The third kappa shape index (κ3) is 4.86. The van der Waals surface area contributed by atoms with Crippen molar-refractivity contribution in [2.45, 2.75) is 17.9 Å². The van der Waals surface area contributed by atoms with Gasteiger partial charge in [0.25, 0.3) is 0 Å². The van der Waals surface area contributed by atoms with Gasteiger partial charge in [-0.2, -0.15) is 0 Å². The molecule has 110 valence electrons. The van der Waals surface area contributed by atoms with Gasteiger partial charge in [-0.15, -0.1) is 0 Å². The number of carbonyl (C=O) groups is 2. The molecule has 1 unspecified atom stereocenters. The summed E-state index contributed by atoms with van der Waals surface area (Å²) in [5, 5.41) is 9.76. The first-order valence-corrected chi connectivity index (χ1v) is 7.20. The highest BCUT2D eigenvalue weighted by atomic mass is 32.2. The maximum absolute atomic E-state index is 11.5. The van der Waals surface area contributed by atoms with Gasteiger partial charge in [-0.3, -0.25) is 4.79 Å². The van der Waals surface area contributed by atoms with Crippen molar-refractivity contribution in [2.75, 3.05) is 6.54 Å². The van der Waals surface area contributed by atoms with Crippen molar-refractivity contribution in [3.63, 3.8) is 0 Å². The number of primary amides is 1. The number of urea groups is 1. The molecule has 0 aliphatic rings. The zero-order chi connectivity index (χ0) is 15.3. The first kappa shape index (κ1) is 15.9. The van der Waals surface area contributed by atoms with Gasteiger partial charge in [-0.25, -0.2) is 18.4 Å². The number of nitrogens with one attached hydrogen (secondary N) is 2. The Morgan fingerprint density at radius 3 is 2.25 bits per heavy atom. The highest BCUT2D eigenvalue weighted by Gasteiger charge is 2.12. The normalized spacial score (nSPS) is 12.5. The van der Waals surface area contributed by atoms with Crippen LogP contribution in [0.25, 0.3) is 0 Å². The average Bonchev–Trinajstić information content (AvgIpc) is 2.35. The van der Waals surface area contributed by atoms with Crippen LogP contribution in [0.15, 0.2) is 29.2 Å². The van der Waals surface area contributed by atoms with E-state index in [0.29, 0.717) is 5.56 Å². The van der Waals surface area contributed by atoms with Crippen molar-refractivity contribution in [3.8, 4) is 0 Å². The minimum atomic E-state index is -3.74. The Labute approximate surface area is 116 Å². The molecule has 0 aromatic heterocycles. The summed E-state index contributed by atoms with van der Waals surface area (Å²) in [5.74, 6) is -0.410. The van der Waals surface area contributed by atoms with Crippen molar-refractivity contribution < 1.29 is 18.0 Å². The quantitative estimate of drug-likeness (QED) is 0.563. The summed E-state index contributed by atoms with van der Waals surface area (Å²) in [6.07, 6.45) is 0. The average molecular weight is 300 g/mol. The van der Waals surface area contributed by atoms with Gasteiger partial charge >= 0.3 is 6.03 Å². The third-order valence-electron chi connectivity index (χ3n) is 2.51. The molecule has 0 radical (unpaired) electrons. The molecule has 20 heavy (non-hydrogen) atoms. The Bertz CT molecular complexity index is 597. The van der Waals surface area contributed by atoms with Crippen LogP contribution in [0.3, 0.4) is 0 Å². The standard InChI is InChI=1S/C11H16N4O4S/c1-7(15-10(16)6-14-11(12)17)8-2-4-9(5-3-8)20(13,18)19/h2-5,7H,6H2,1H3,(H,15,16)(H3,12,14,17)(H2,13,18,19). The third-order valence-corrected chi connectivity index (χ3v) is 3.44. The molecule has 1 aromatic carbocycles. The Kier molecular flexibility index (Phi) is 5.06. The van der Waals surface area contributed by atoms with E-state index in [1.165, 1.54) is 12.1 Å². The number of hydrogen-bond acceptors (Lipinski definition) is 4. The maximum atomic E-state index is 11.5. The van der Waals surface area contributed by atoms with Gasteiger partial charge in [0.05, 0.1) is 17.5 Å². The van der Waals surface area contributed by atoms with Crippen molar-refractivity contribution >= 4 is 22.0 Å². The van der Waals surface area contributed by atoms with Crippen LogP contribution in [0.4, 0.5) is 4.79 Å². The molecule has 0 aliphatic carbocycles. The summed E-state index contributed by atoms with van der Waals surface area (Å²) in [6, 6.07) is 4.67. The topological polar surface area (TPSA) is 144 Å². The predicted molar refractivity (Wildman–Crippen MR) is 72.0 cm³/mol. The molecule has 8 nitrogen and oxygen atoms in total. The number of hydrogen-bond donors (Lipinski definition) is 4. The highest BCUT2D eigenvalue weighted by Crippen LogP contribution is 2.15. The summed E-state index contributed by atoms with van der Waals surface area (Å²) in [6.45, 7) is 1.49. The zero-order valence-electron chi connectivity index (χ0n) is 10.8. The van der Waals surface area contributed by atoms with E-state index in [2.05, 4.69) is 10.6 Å². The Hall–Kier alpha value is -2.13. The molecular weight excluding hydrogens is 284 g/mol. The molecule has 0 fully saturated rings. The van der Waals surface area contributed by atoms with Gasteiger partial charge in [-0.05, 0) is 24.6 Å². The van der Waals surface area contributed by atoms with Gasteiger partial charge < -0.3 is 16.4 Å². The van der Waals surface area contributed by atoms with Crippen LogP contribution >= 0.6 is 0 Å². The fraction of sp³-hybridized carbons (Fsp3) is 0.273. The lowest BCUT2D eigenvalue weighted by molar-refractivity contribution is -0.120. The highest BCUT2D eigenvalue weighted by molar-refractivity contribution is 7.89. The monoisotopic (exact) mass is 300 g/mol. The second-order valence-corrected chi connectivity index (χ2v) is 5.68. The van der Waals surface area contributed by atoms with Gasteiger partial charge in [-0.1, -0.05) is 12.1 Å². The summed E-state index contributed by atoms with van der Waals surface area (Å²) < 4.78 is 22.2. The van der Waals surface area contributed by atoms with Crippen LogP contribution in [0.5, 0.6) is 0 Å². The fourth-order valence-electron chi connectivity index (χ4n) is 1.49. The zero-order valence-corrected chi connectivity index (χ0v) is 11.6. The predicted octanol–water partition coefficient (Wildman–Crippen LogP) is -0.820. The number of rotatable bonds is 5. The minimum Gasteiger partial charge on any atom is -0.352 e. The van der Waals surface area contributed by atoms with Crippen LogP contribution in [0.1, 0.15) is 18.5 Å². The van der Waals surface area contributed by atoms with Crippen LogP contribution in [0, 0.1) is 0 Å². The SMILES string of the molecule is CC(NC(=O)CNC(N)=O)c1ccc(S(N)(=O)=O)cc1. The van der Waals surface area contributed by atoms with E-state index in [9.17, 15) is 18.0 Å². The van der Waals surface area contributed by atoms with Crippen LogP contribution in [-0.4, -0.2) is 26.9 Å². The summed E-state index contributed by atoms with van der Waals surface area (Å²) in [7, 11) is -3.74. The summed E-state index contributed by atoms with van der Waals surface area (Å²) >= 11 is 0.